The third-order valence-electron chi connectivity index (χ3n) is 9.84. The molecule has 0 fully saturated rings. The van der Waals surface area contributed by atoms with Crippen molar-refractivity contribution in [3.8, 4) is 11.5 Å². The van der Waals surface area contributed by atoms with Gasteiger partial charge >= 0.3 is 53.6 Å². The van der Waals surface area contributed by atoms with E-state index in [9.17, 15) is 79.4 Å². The maximum Gasteiger partial charge on any atom is 0.460 e. The first-order valence-electron chi connectivity index (χ1n) is 19.8. The Bertz CT molecular complexity index is 1440. The Kier molecular flexibility index (Phi) is 21.5. The van der Waals surface area contributed by atoms with E-state index in [1.807, 2.05) is 0 Å². The second-order valence-electron chi connectivity index (χ2n) is 14.7. The van der Waals surface area contributed by atoms with Gasteiger partial charge in [-0.05, 0) is 62.6 Å². The summed E-state index contributed by atoms with van der Waals surface area (Å²) >= 11 is 0. The highest BCUT2D eigenvalue weighted by Gasteiger charge is 2.95. The van der Waals surface area contributed by atoms with Crippen molar-refractivity contribution in [2.45, 2.75) is 189 Å². The van der Waals surface area contributed by atoms with Gasteiger partial charge in [-0.3, -0.25) is 4.79 Å². The van der Waals surface area contributed by atoms with Crippen molar-refractivity contribution in [1.29, 1.82) is 0 Å². The molecule has 3 nitrogen and oxygen atoms in total. The van der Waals surface area contributed by atoms with Crippen molar-refractivity contribution in [2.75, 3.05) is 7.11 Å². The number of benzene rings is 1. The zero-order valence-electron chi connectivity index (χ0n) is 33.4. The summed E-state index contributed by atoms with van der Waals surface area (Å²) in [7, 11) is 1.08. The Hall–Kier alpha value is -2.96. The van der Waals surface area contributed by atoms with Gasteiger partial charge in [-0.15, -0.1) is 0 Å². The van der Waals surface area contributed by atoms with Crippen LogP contribution in [0.2, 0.25) is 0 Å². The van der Waals surface area contributed by atoms with E-state index < -0.39 is 72.9 Å². The smallest absolute Gasteiger partial charge is 0.460 e. The summed E-state index contributed by atoms with van der Waals surface area (Å²) in [6.07, 6.45) is 10.7. The number of alkyl halides is 17. The van der Waals surface area contributed by atoms with E-state index in [1.165, 1.54) is 38.5 Å². The van der Waals surface area contributed by atoms with Gasteiger partial charge in [-0.1, -0.05) is 102 Å². The molecule has 1 rings (SSSR count). The number of esters is 1. The van der Waals surface area contributed by atoms with Crippen LogP contribution in [0.3, 0.4) is 0 Å². The lowest BCUT2D eigenvalue weighted by Crippen LogP contribution is -2.74. The molecule has 1 aromatic rings. The lowest BCUT2D eigenvalue weighted by Gasteiger charge is -2.42. The van der Waals surface area contributed by atoms with Gasteiger partial charge < -0.3 is 9.47 Å². The van der Waals surface area contributed by atoms with Crippen molar-refractivity contribution in [1.82, 2.24) is 0 Å². The standard InChI is InChI=1S/C40H53F17O3/c1-3-4-5-6-7-8-9-10-11-12-13-14-15-16-17-18-19-20-21-24-32(58)60-30-26-25-29(28-31(30)59-2)23-22-27-33(41,42)34(43,44)35(45,46)36(47,48)37(49,50)38(51,52)39(53,54)40(55,56)57/h10-11,25-26,28H,3-9,12-24,27H2,1-2H3/b11-10-. The van der Waals surface area contributed by atoms with E-state index in [1.54, 1.807) is 0 Å². The van der Waals surface area contributed by atoms with E-state index in [0.717, 1.165) is 89.5 Å². The number of aryl methyl sites for hydroxylation is 1. The molecule has 0 N–H and O–H groups in total. The van der Waals surface area contributed by atoms with Crippen LogP contribution in [0.1, 0.15) is 141 Å². The first kappa shape index (κ1) is 55.1. The van der Waals surface area contributed by atoms with Gasteiger partial charge in [0.1, 0.15) is 0 Å². The van der Waals surface area contributed by atoms with E-state index in [2.05, 4.69) is 19.1 Å². The predicted molar refractivity (Wildman–Crippen MR) is 190 cm³/mol. The van der Waals surface area contributed by atoms with Gasteiger partial charge in [0.25, 0.3) is 0 Å². The van der Waals surface area contributed by atoms with Crippen LogP contribution in [0.5, 0.6) is 11.5 Å². The topological polar surface area (TPSA) is 35.5 Å². The molecule has 0 saturated carbocycles. The Labute approximate surface area is 338 Å². The van der Waals surface area contributed by atoms with Gasteiger partial charge in [0.2, 0.25) is 0 Å². The molecule has 350 valence electrons. The zero-order chi connectivity index (χ0) is 46.1. The van der Waals surface area contributed by atoms with Crippen LogP contribution in [0, 0.1) is 0 Å². The minimum atomic E-state index is -8.66. The van der Waals surface area contributed by atoms with Gasteiger partial charge in [0.15, 0.2) is 11.5 Å². The first-order chi connectivity index (χ1) is 27.6. The third-order valence-corrected chi connectivity index (χ3v) is 9.84. The third kappa shape index (κ3) is 14.0. The second-order valence-corrected chi connectivity index (χ2v) is 14.7. The number of hydrogen-bond acceptors (Lipinski definition) is 3. The Morgan fingerprint density at radius 3 is 1.38 bits per heavy atom. The molecule has 0 unspecified atom stereocenters. The number of unbranched alkanes of at least 4 members (excludes halogenated alkanes) is 15. The van der Waals surface area contributed by atoms with E-state index in [4.69, 9.17) is 9.47 Å². The zero-order valence-corrected chi connectivity index (χ0v) is 33.4. The fourth-order valence-electron chi connectivity index (χ4n) is 6.04. The maximum absolute atomic E-state index is 14.3. The van der Waals surface area contributed by atoms with E-state index in [-0.39, 0.29) is 23.5 Å². The van der Waals surface area contributed by atoms with Gasteiger partial charge in [0.05, 0.1) is 7.11 Å². The predicted octanol–water partition coefficient (Wildman–Crippen LogP) is 15.5. The number of rotatable bonds is 31. The van der Waals surface area contributed by atoms with Crippen molar-refractivity contribution in [2.24, 2.45) is 0 Å². The SMILES string of the molecule is CCCCCCCC/C=C\CCCCCCCCCCCC(=O)Oc1ccc(CCCC(F)(F)C(F)(F)C(F)(F)C(F)(F)C(F)(F)C(F)(F)C(F)(F)C(F)(F)F)cc1OC. The number of carbonyl (C=O) groups excluding carboxylic acids is 1. The first-order valence-corrected chi connectivity index (χ1v) is 19.8. The quantitative estimate of drug-likeness (QED) is 0.0245. The van der Waals surface area contributed by atoms with E-state index >= 15 is 0 Å². The molecule has 0 radical (unpaired) electrons. The van der Waals surface area contributed by atoms with Gasteiger partial charge in [-0.2, -0.15) is 74.6 Å². The number of carbonyl (C=O) groups is 1. The van der Waals surface area contributed by atoms with Crippen LogP contribution in [-0.2, 0) is 11.2 Å². The van der Waals surface area contributed by atoms with Crippen LogP contribution in [-0.4, -0.2) is 60.7 Å². The molecular weight excluding hydrogens is 851 g/mol. The lowest BCUT2D eigenvalue weighted by molar-refractivity contribution is -0.461. The summed E-state index contributed by atoms with van der Waals surface area (Å²) in [5.74, 6) is -57.5. The Morgan fingerprint density at radius 1 is 0.517 bits per heavy atom. The second kappa shape index (κ2) is 23.5. The molecule has 0 heterocycles. The van der Waals surface area contributed by atoms with Crippen molar-refractivity contribution in [3.63, 3.8) is 0 Å². The molecule has 1 aromatic carbocycles. The number of methoxy groups -OCH3 is 1. The summed E-state index contributed by atoms with van der Waals surface area (Å²) < 4.78 is 240. The van der Waals surface area contributed by atoms with Crippen LogP contribution in [0.4, 0.5) is 74.6 Å². The molecule has 60 heavy (non-hydrogen) atoms. The van der Waals surface area contributed by atoms with Crippen LogP contribution >= 0.6 is 0 Å². The lowest BCUT2D eigenvalue weighted by atomic mass is 9.87. The highest BCUT2D eigenvalue weighted by atomic mass is 19.4. The van der Waals surface area contributed by atoms with Crippen LogP contribution in [0.15, 0.2) is 30.4 Å². The van der Waals surface area contributed by atoms with Crippen LogP contribution < -0.4 is 9.47 Å². The number of ether oxygens (including phenoxy) is 2. The molecule has 0 atom stereocenters. The molecule has 0 aliphatic heterocycles. The highest BCUT2D eigenvalue weighted by Crippen LogP contribution is 2.64. The molecule has 0 spiro atoms. The summed E-state index contributed by atoms with van der Waals surface area (Å²) in [6, 6.07) is 3.18. The molecule has 0 aliphatic rings. The summed E-state index contributed by atoms with van der Waals surface area (Å²) in [4.78, 5) is 12.4. The number of allylic oxidation sites excluding steroid dienone is 2. The summed E-state index contributed by atoms with van der Waals surface area (Å²) in [5.41, 5.74) is -0.0981. The summed E-state index contributed by atoms with van der Waals surface area (Å²) in [6.45, 7) is 2.20. The number of halogens is 17. The van der Waals surface area contributed by atoms with Gasteiger partial charge in [0, 0.05) is 12.8 Å². The molecule has 0 aromatic heterocycles. The van der Waals surface area contributed by atoms with Gasteiger partial charge in [-0.25, -0.2) is 0 Å². The minimum Gasteiger partial charge on any atom is -0.493 e. The number of hydrogen-bond donors (Lipinski definition) is 0. The normalized spacial score (nSPS) is 14.0. The average molecular weight is 905 g/mol. The van der Waals surface area contributed by atoms with E-state index in [0.29, 0.717) is 6.42 Å². The Balaban J connectivity index is 2.59. The molecular formula is C40H53F17O3. The van der Waals surface area contributed by atoms with Crippen LogP contribution in [0.25, 0.3) is 0 Å². The molecule has 20 heteroatoms. The average Bonchev–Trinajstić information content (AvgIpc) is 3.15. The maximum atomic E-state index is 14.3. The summed E-state index contributed by atoms with van der Waals surface area (Å²) in [5, 5.41) is 0. The van der Waals surface area contributed by atoms with Crippen molar-refractivity contribution >= 4 is 5.97 Å². The molecule has 0 bridgehead atoms. The van der Waals surface area contributed by atoms with Crippen molar-refractivity contribution < 1.29 is 88.9 Å². The fourth-order valence-corrected chi connectivity index (χ4v) is 6.04. The monoisotopic (exact) mass is 904 g/mol. The minimum absolute atomic E-state index is 0.0125. The largest absolute Gasteiger partial charge is 0.493 e. The molecule has 0 amide bonds. The fraction of sp³-hybridized carbons (Fsp3) is 0.775. The molecule has 0 aliphatic carbocycles. The molecule has 0 saturated heterocycles. The highest BCUT2D eigenvalue weighted by molar-refractivity contribution is 5.73. The van der Waals surface area contributed by atoms with Crippen molar-refractivity contribution in [3.05, 3.63) is 35.9 Å². The Morgan fingerprint density at radius 2 is 0.933 bits per heavy atom.